The van der Waals surface area contributed by atoms with Gasteiger partial charge in [-0.15, -0.1) is 0 Å². The summed E-state index contributed by atoms with van der Waals surface area (Å²) in [7, 11) is 0. The maximum atomic E-state index is 11.0. The van der Waals surface area contributed by atoms with Crippen molar-refractivity contribution in [2.45, 2.75) is 38.3 Å². The first-order valence-corrected chi connectivity index (χ1v) is 7.39. The molecule has 0 radical (unpaired) electrons. The summed E-state index contributed by atoms with van der Waals surface area (Å²) >= 11 is 0. The Bertz CT molecular complexity index is 646. The van der Waals surface area contributed by atoms with Gasteiger partial charge in [0.25, 0.3) is 0 Å². The van der Waals surface area contributed by atoms with Crippen molar-refractivity contribution in [3.8, 4) is 6.07 Å². The molecular formula is C17H18N2O2. The molecule has 4 heteroatoms. The molecule has 4 nitrogen and oxygen atoms in total. The Balaban J connectivity index is 1.98. The number of fused-ring (bicyclic) bond motifs is 2. The number of hydrogen-bond donors (Lipinski definition) is 1. The van der Waals surface area contributed by atoms with Crippen LogP contribution in [0, 0.1) is 11.3 Å². The molecule has 1 aliphatic heterocycles. The van der Waals surface area contributed by atoms with E-state index in [1.807, 2.05) is 6.08 Å². The van der Waals surface area contributed by atoms with Crippen molar-refractivity contribution in [1.29, 1.82) is 5.26 Å². The van der Waals surface area contributed by atoms with Crippen LogP contribution in [0.3, 0.4) is 0 Å². The van der Waals surface area contributed by atoms with E-state index in [4.69, 9.17) is 10.4 Å². The number of hydrogen-bond acceptors (Lipinski definition) is 3. The third-order valence-electron chi connectivity index (χ3n) is 4.59. The van der Waals surface area contributed by atoms with Gasteiger partial charge in [0.2, 0.25) is 0 Å². The summed E-state index contributed by atoms with van der Waals surface area (Å²) in [5.74, 6) is -1.17. The predicted molar refractivity (Wildman–Crippen MR) is 79.4 cm³/mol. The molecule has 0 spiro atoms. The van der Waals surface area contributed by atoms with Gasteiger partial charge in [-0.1, -0.05) is 19.1 Å². The van der Waals surface area contributed by atoms with Gasteiger partial charge in [-0.2, -0.15) is 5.26 Å². The van der Waals surface area contributed by atoms with Crippen LogP contribution in [-0.4, -0.2) is 34.6 Å². The zero-order valence-corrected chi connectivity index (χ0v) is 12.0. The number of carbonyl (C=O) groups is 1. The molecule has 1 saturated carbocycles. The minimum Gasteiger partial charge on any atom is -0.477 e. The third-order valence-corrected chi connectivity index (χ3v) is 4.59. The summed E-state index contributed by atoms with van der Waals surface area (Å²) < 4.78 is 0. The number of carboxylic acid groups (broad SMARTS) is 1. The molecule has 3 aliphatic rings. The average Bonchev–Trinajstić information content (AvgIpc) is 3.04. The Morgan fingerprint density at radius 3 is 3.10 bits per heavy atom. The normalized spacial score (nSPS) is 28.2. The summed E-state index contributed by atoms with van der Waals surface area (Å²) in [5, 5.41) is 17.8. The molecule has 0 saturated heterocycles. The molecule has 2 atom stereocenters. The van der Waals surface area contributed by atoms with E-state index in [9.17, 15) is 4.79 Å². The quantitative estimate of drug-likeness (QED) is 0.638. The molecule has 1 N–H and O–H groups in total. The van der Waals surface area contributed by atoms with Crippen molar-refractivity contribution >= 4 is 5.97 Å². The molecule has 0 amide bonds. The second-order valence-corrected chi connectivity index (χ2v) is 5.64. The fourth-order valence-corrected chi connectivity index (χ4v) is 3.73. The van der Waals surface area contributed by atoms with Gasteiger partial charge in [-0.25, -0.2) is 4.79 Å². The number of aliphatic carboxylic acids is 1. The monoisotopic (exact) mass is 282 g/mol. The molecule has 0 aromatic rings. The van der Waals surface area contributed by atoms with Gasteiger partial charge >= 0.3 is 5.97 Å². The lowest BCUT2D eigenvalue weighted by Crippen LogP contribution is -2.36. The Kier molecular flexibility index (Phi) is 3.52. The Morgan fingerprint density at radius 1 is 1.62 bits per heavy atom. The average molecular weight is 282 g/mol. The Labute approximate surface area is 124 Å². The van der Waals surface area contributed by atoms with Crippen LogP contribution in [0.15, 0.2) is 46.6 Å². The van der Waals surface area contributed by atoms with Gasteiger partial charge in [-0.05, 0) is 54.7 Å². The van der Waals surface area contributed by atoms with Crippen LogP contribution in [0.2, 0.25) is 0 Å². The van der Waals surface area contributed by atoms with Gasteiger partial charge in [0, 0.05) is 6.04 Å². The highest BCUT2D eigenvalue weighted by atomic mass is 16.4. The van der Waals surface area contributed by atoms with Gasteiger partial charge < -0.3 is 5.11 Å². The molecule has 0 aromatic heterocycles. The van der Waals surface area contributed by atoms with E-state index in [1.54, 1.807) is 6.07 Å². The van der Waals surface area contributed by atoms with Crippen molar-refractivity contribution < 1.29 is 9.90 Å². The minimum atomic E-state index is -1.17. The van der Waals surface area contributed by atoms with E-state index in [0.717, 1.165) is 18.5 Å². The first kappa shape index (κ1) is 13.8. The summed E-state index contributed by atoms with van der Waals surface area (Å²) in [6.45, 7) is 3.20. The van der Waals surface area contributed by atoms with E-state index in [0.29, 0.717) is 12.1 Å². The smallest absolute Gasteiger partial charge is 0.346 e. The zero-order chi connectivity index (χ0) is 15.0. The van der Waals surface area contributed by atoms with Gasteiger partial charge in [-0.3, -0.25) is 4.90 Å². The van der Waals surface area contributed by atoms with Gasteiger partial charge in [0.1, 0.15) is 11.6 Å². The molecule has 21 heavy (non-hydrogen) atoms. The SMILES string of the molecule is CCN1C2C=CC(/C=C(\C#N)C(=O)O)=CC2=C2CCCC21. The van der Waals surface area contributed by atoms with E-state index < -0.39 is 5.97 Å². The predicted octanol–water partition coefficient (Wildman–Crippen LogP) is 2.57. The lowest BCUT2D eigenvalue weighted by molar-refractivity contribution is -0.132. The number of carboxylic acids is 1. The van der Waals surface area contributed by atoms with Crippen molar-refractivity contribution in [2.75, 3.05) is 6.54 Å². The number of likely N-dealkylation sites (N-methyl/N-ethyl adjacent to an activating group) is 1. The maximum absolute atomic E-state index is 11.0. The topological polar surface area (TPSA) is 64.3 Å². The second kappa shape index (κ2) is 5.34. The Morgan fingerprint density at radius 2 is 2.43 bits per heavy atom. The zero-order valence-electron chi connectivity index (χ0n) is 12.0. The van der Waals surface area contributed by atoms with Crippen LogP contribution in [-0.2, 0) is 4.79 Å². The van der Waals surface area contributed by atoms with Crippen molar-refractivity contribution in [3.63, 3.8) is 0 Å². The van der Waals surface area contributed by atoms with Crippen LogP contribution in [0.25, 0.3) is 0 Å². The molecule has 2 aliphatic carbocycles. The molecular weight excluding hydrogens is 264 g/mol. The van der Waals surface area contributed by atoms with Gasteiger partial charge in [0.15, 0.2) is 0 Å². The molecule has 0 aromatic carbocycles. The molecule has 0 bridgehead atoms. The van der Waals surface area contributed by atoms with E-state index in [2.05, 4.69) is 24.0 Å². The Hall–Kier alpha value is -2.12. The minimum absolute atomic E-state index is 0.219. The molecule has 108 valence electrons. The van der Waals surface area contributed by atoms with Crippen LogP contribution in [0.5, 0.6) is 0 Å². The number of nitriles is 1. The number of nitrogens with zero attached hydrogens (tertiary/aromatic N) is 2. The van der Waals surface area contributed by atoms with E-state index in [-0.39, 0.29) is 5.57 Å². The lowest BCUT2D eigenvalue weighted by atomic mass is 9.94. The first-order valence-electron chi connectivity index (χ1n) is 7.39. The van der Waals surface area contributed by atoms with E-state index >= 15 is 0 Å². The van der Waals surface area contributed by atoms with Crippen LogP contribution in [0.4, 0.5) is 0 Å². The molecule has 1 heterocycles. The van der Waals surface area contributed by atoms with Crippen LogP contribution in [0.1, 0.15) is 26.2 Å². The maximum Gasteiger partial charge on any atom is 0.346 e. The van der Waals surface area contributed by atoms with Gasteiger partial charge in [0.05, 0.1) is 6.04 Å². The summed E-state index contributed by atoms with van der Waals surface area (Å²) in [6.07, 6.45) is 11.2. The first-order chi connectivity index (χ1) is 10.2. The summed E-state index contributed by atoms with van der Waals surface area (Å²) in [6, 6.07) is 2.61. The van der Waals surface area contributed by atoms with E-state index in [1.165, 1.54) is 30.1 Å². The highest BCUT2D eigenvalue weighted by Crippen LogP contribution is 2.43. The molecule has 1 fully saturated rings. The number of allylic oxidation sites excluding steroid dienone is 3. The van der Waals surface area contributed by atoms with Crippen molar-refractivity contribution in [1.82, 2.24) is 4.90 Å². The molecule has 2 unspecified atom stereocenters. The molecule has 3 rings (SSSR count). The van der Waals surface area contributed by atoms with Crippen molar-refractivity contribution in [2.24, 2.45) is 0 Å². The summed E-state index contributed by atoms with van der Waals surface area (Å²) in [5.41, 5.74) is 3.40. The third kappa shape index (κ3) is 2.24. The second-order valence-electron chi connectivity index (χ2n) is 5.64. The fourth-order valence-electron chi connectivity index (χ4n) is 3.73. The van der Waals surface area contributed by atoms with Crippen molar-refractivity contribution in [3.05, 3.63) is 46.6 Å². The lowest BCUT2D eigenvalue weighted by Gasteiger charge is -2.28. The largest absolute Gasteiger partial charge is 0.477 e. The highest BCUT2D eigenvalue weighted by Gasteiger charge is 2.40. The summed E-state index contributed by atoms with van der Waals surface area (Å²) in [4.78, 5) is 13.5. The highest BCUT2D eigenvalue weighted by molar-refractivity contribution is 5.91. The number of rotatable bonds is 3. The van der Waals surface area contributed by atoms with Crippen LogP contribution >= 0.6 is 0 Å². The fraction of sp³-hybridized carbons (Fsp3) is 0.412. The standard InChI is InChI=1S/C17H18N2O2/c1-2-19-15-5-3-4-13(15)14-9-11(6-7-16(14)19)8-12(10-18)17(20)21/h6-9,15-16H,2-5H2,1H3,(H,20,21)/b12-8+. The van der Waals surface area contributed by atoms with Crippen LogP contribution < -0.4 is 0 Å².